The molecule has 1 atom stereocenters. The number of carbonyl (C=O) groups excluding carboxylic acids is 1. The summed E-state index contributed by atoms with van der Waals surface area (Å²) in [5.74, 6) is 0. The molecule has 0 aliphatic heterocycles. The fourth-order valence-electron chi connectivity index (χ4n) is 2.25. The highest BCUT2D eigenvalue weighted by atomic mass is 16.3. The molecule has 0 spiro atoms. The Morgan fingerprint density at radius 2 is 1.71 bits per heavy atom. The van der Waals surface area contributed by atoms with E-state index >= 15 is 0 Å². The van der Waals surface area contributed by atoms with Crippen LogP contribution in [0.3, 0.4) is 0 Å². The van der Waals surface area contributed by atoms with Crippen molar-refractivity contribution >= 4 is 11.9 Å². The predicted molar refractivity (Wildman–Crippen MR) is 87.1 cm³/mol. The van der Waals surface area contributed by atoms with Crippen molar-refractivity contribution in [1.82, 2.24) is 0 Å². The summed E-state index contributed by atoms with van der Waals surface area (Å²) in [4.78, 5) is 10.8. The van der Waals surface area contributed by atoms with Crippen LogP contribution in [0.15, 0.2) is 54.6 Å². The molecule has 1 aromatic carbocycles. The maximum Gasteiger partial charge on any atom is 0.150 e. The standard InChI is InChI=1S/C19H22O2/c1-18(2)9-8-17(12-19(3,14-21)11-10-18)16-6-4-15(13-20)5-7-16/h4-13,21H,14H2,1-3H3/b9-8-,11-10-,17-12+. The van der Waals surface area contributed by atoms with Gasteiger partial charge in [0.1, 0.15) is 6.29 Å². The first-order chi connectivity index (χ1) is 9.87. The Morgan fingerprint density at radius 3 is 2.29 bits per heavy atom. The summed E-state index contributed by atoms with van der Waals surface area (Å²) in [6, 6.07) is 7.51. The van der Waals surface area contributed by atoms with Crippen LogP contribution in [0.2, 0.25) is 0 Å². The van der Waals surface area contributed by atoms with E-state index in [4.69, 9.17) is 0 Å². The maximum absolute atomic E-state index is 10.8. The maximum atomic E-state index is 10.8. The van der Waals surface area contributed by atoms with Crippen LogP contribution in [0.1, 0.15) is 36.7 Å². The smallest absolute Gasteiger partial charge is 0.150 e. The average Bonchev–Trinajstić information content (AvgIpc) is 2.49. The summed E-state index contributed by atoms with van der Waals surface area (Å²) in [5, 5.41) is 9.72. The second kappa shape index (κ2) is 5.82. The van der Waals surface area contributed by atoms with Gasteiger partial charge >= 0.3 is 0 Å². The summed E-state index contributed by atoms with van der Waals surface area (Å²) in [7, 11) is 0. The number of aldehydes is 1. The second-order valence-corrected chi connectivity index (χ2v) is 6.49. The molecule has 0 aromatic heterocycles. The number of benzene rings is 1. The molecule has 2 nitrogen and oxygen atoms in total. The van der Waals surface area contributed by atoms with Gasteiger partial charge in [0.25, 0.3) is 0 Å². The molecule has 2 heteroatoms. The molecule has 110 valence electrons. The Hall–Kier alpha value is -1.93. The van der Waals surface area contributed by atoms with Crippen molar-refractivity contribution in [3.05, 3.63) is 65.8 Å². The minimum atomic E-state index is -0.388. The van der Waals surface area contributed by atoms with Crippen LogP contribution < -0.4 is 0 Å². The lowest BCUT2D eigenvalue weighted by Crippen LogP contribution is -2.18. The number of aliphatic hydroxyl groups excluding tert-OH is 1. The molecule has 1 N–H and O–H groups in total. The van der Waals surface area contributed by atoms with Gasteiger partial charge in [-0.05, 0) is 11.1 Å². The van der Waals surface area contributed by atoms with Crippen LogP contribution in [0.4, 0.5) is 0 Å². The fraction of sp³-hybridized carbons (Fsp3) is 0.316. The topological polar surface area (TPSA) is 37.3 Å². The third kappa shape index (κ3) is 3.79. The van der Waals surface area contributed by atoms with E-state index in [2.05, 4.69) is 44.2 Å². The molecule has 1 aliphatic rings. The largest absolute Gasteiger partial charge is 0.395 e. The first-order valence-electron chi connectivity index (χ1n) is 7.16. The van der Waals surface area contributed by atoms with E-state index in [0.29, 0.717) is 5.56 Å². The van der Waals surface area contributed by atoms with Gasteiger partial charge in [0.05, 0.1) is 6.61 Å². The van der Waals surface area contributed by atoms with Crippen LogP contribution in [-0.4, -0.2) is 18.0 Å². The zero-order chi connectivity index (χ0) is 15.5. The number of hydrogen-bond donors (Lipinski definition) is 1. The van der Waals surface area contributed by atoms with Crippen LogP contribution in [0, 0.1) is 10.8 Å². The lowest BCUT2D eigenvalue weighted by Gasteiger charge is -2.26. The van der Waals surface area contributed by atoms with Gasteiger partial charge < -0.3 is 5.11 Å². The molecule has 0 amide bonds. The van der Waals surface area contributed by atoms with Gasteiger partial charge in [-0.3, -0.25) is 4.79 Å². The van der Waals surface area contributed by atoms with Crippen molar-refractivity contribution in [1.29, 1.82) is 0 Å². The minimum absolute atomic E-state index is 0.0569. The van der Waals surface area contributed by atoms with Gasteiger partial charge in [0, 0.05) is 16.4 Å². The highest BCUT2D eigenvalue weighted by molar-refractivity contribution is 5.79. The number of aliphatic hydroxyl groups is 1. The summed E-state index contributed by atoms with van der Waals surface area (Å²) >= 11 is 0. The van der Waals surface area contributed by atoms with Crippen LogP contribution in [0.5, 0.6) is 0 Å². The molecular formula is C19H22O2. The molecular weight excluding hydrogens is 260 g/mol. The Labute approximate surface area is 126 Å². The Kier molecular flexibility index (Phi) is 4.29. The summed E-state index contributed by atoms with van der Waals surface area (Å²) in [6.07, 6.45) is 11.4. The number of carbonyl (C=O) groups is 1. The highest BCUT2D eigenvalue weighted by Crippen LogP contribution is 2.33. The van der Waals surface area contributed by atoms with E-state index in [0.717, 1.165) is 17.4 Å². The number of hydrogen-bond acceptors (Lipinski definition) is 2. The van der Waals surface area contributed by atoms with Crippen molar-refractivity contribution in [2.45, 2.75) is 20.8 Å². The third-order valence-corrected chi connectivity index (χ3v) is 3.79. The van der Waals surface area contributed by atoms with Crippen molar-refractivity contribution in [2.24, 2.45) is 10.8 Å². The molecule has 0 fully saturated rings. The normalized spacial score (nSPS) is 29.6. The van der Waals surface area contributed by atoms with Crippen LogP contribution in [0.25, 0.3) is 5.57 Å². The second-order valence-electron chi connectivity index (χ2n) is 6.49. The van der Waals surface area contributed by atoms with Gasteiger partial charge in [0.2, 0.25) is 0 Å². The molecule has 1 aromatic rings. The SMILES string of the molecule is CC1(C)/C=C\C(c2ccc(C=O)cc2)=C/C(C)(CO)/C=C\1. The Balaban J connectivity index is 2.50. The summed E-state index contributed by atoms with van der Waals surface area (Å²) < 4.78 is 0. The molecule has 2 rings (SSSR count). The van der Waals surface area contributed by atoms with E-state index in [9.17, 15) is 9.90 Å². The third-order valence-electron chi connectivity index (χ3n) is 3.79. The van der Waals surface area contributed by atoms with Crippen molar-refractivity contribution in [2.75, 3.05) is 6.61 Å². The van der Waals surface area contributed by atoms with E-state index < -0.39 is 0 Å². The molecule has 0 saturated heterocycles. The first kappa shape index (κ1) is 15.5. The van der Waals surface area contributed by atoms with Crippen molar-refractivity contribution < 1.29 is 9.90 Å². The van der Waals surface area contributed by atoms with Gasteiger partial charge in [-0.2, -0.15) is 0 Å². The summed E-state index contributed by atoms with van der Waals surface area (Å²) in [5.41, 5.74) is 2.32. The average molecular weight is 282 g/mol. The monoisotopic (exact) mass is 282 g/mol. The van der Waals surface area contributed by atoms with Gasteiger partial charge in [-0.25, -0.2) is 0 Å². The molecule has 1 aliphatic carbocycles. The lowest BCUT2D eigenvalue weighted by atomic mass is 9.80. The lowest BCUT2D eigenvalue weighted by molar-refractivity contribution is 0.112. The van der Waals surface area contributed by atoms with Crippen molar-refractivity contribution in [3.63, 3.8) is 0 Å². The van der Waals surface area contributed by atoms with E-state index in [1.165, 1.54) is 0 Å². The molecule has 21 heavy (non-hydrogen) atoms. The van der Waals surface area contributed by atoms with Gasteiger partial charge in [-0.15, -0.1) is 0 Å². The molecule has 0 saturated carbocycles. The van der Waals surface area contributed by atoms with E-state index in [1.807, 2.05) is 31.2 Å². The zero-order valence-corrected chi connectivity index (χ0v) is 12.8. The Bertz CT molecular complexity index is 603. The number of rotatable bonds is 3. The Morgan fingerprint density at radius 1 is 1.05 bits per heavy atom. The molecule has 0 radical (unpaired) electrons. The number of allylic oxidation sites excluding steroid dienone is 4. The molecule has 0 heterocycles. The summed E-state index contributed by atoms with van der Waals surface area (Å²) in [6.45, 7) is 6.34. The minimum Gasteiger partial charge on any atom is -0.395 e. The van der Waals surface area contributed by atoms with Crippen LogP contribution >= 0.6 is 0 Å². The van der Waals surface area contributed by atoms with E-state index in [-0.39, 0.29) is 17.4 Å². The molecule has 0 bridgehead atoms. The van der Waals surface area contributed by atoms with Gasteiger partial charge in [-0.1, -0.05) is 75.4 Å². The quantitative estimate of drug-likeness (QED) is 0.671. The van der Waals surface area contributed by atoms with Crippen molar-refractivity contribution in [3.8, 4) is 0 Å². The fourth-order valence-corrected chi connectivity index (χ4v) is 2.25. The van der Waals surface area contributed by atoms with Gasteiger partial charge in [0.15, 0.2) is 0 Å². The molecule has 1 unspecified atom stereocenters. The first-order valence-corrected chi connectivity index (χ1v) is 7.16. The van der Waals surface area contributed by atoms with Crippen LogP contribution in [-0.2, 0) is 0 Å². The predicted octanol–water partition coefficient (Wildman–Crippen LogP) is 4.03. The zero-order valence-electron chi connectivity index (χ0n) is 12.8. The van der Waals surface area contributed by atoms with E-state index in [1.54, 1.807) is 0 Å². The highest BCUT2D eigenvalue weighted by Gasteiger charge is 2.22.